The van der Waals surface area contributed by atoms with Gasteiger partial charge in [-0.25, -0.2) is 0 Å². The molecule has 1 N–H and O–H groups in total. The van der Waals surface area contributed by atoms with Gasteiger partial charge in [0.2, 0.25) is 0 Å². The van der Waals surface area contributed by atoms with E-state index in [-0.39, 0.29) is 11.7 Å². The van der Waals surface area contributed by atoms with Crippen LogP contribution in [0.4, 0.5) is 0 Å². The molecule has 0 unspecified atom stereocenters. The number of rotatable bonds is 2. The quantitative estimate of drug-likeness (QED) is 0.845. The van der Waals surface area contributed by atoms with Crippen molar-refractivity contribution in [1.29, 1.82) is 0 Å². The highest BCUT2D eigenvalue weighted by molar-refractivity contribution is 8.40. The van der Waals surface area contributed by atoms with Gasteiger partial charge in [-0.1, -0.05) is 17.8 Å². The van der Waals surface area contributed by atoms with Crippen molar-refractivity contribution >= 4 is 39.9 Å². The van der Waals surface area contributed by atoms with Crippen LogP contribution in [0.1, 0.15) is 5.56 Å². The molecular formula is C12H11NO3S2. The van der Waals surface area contributed by atoms with Crippen molar-refractivity contribution in [3.8, 4) is 11.5 Å². The summed E-state index contributed by atoms with van der Waals surface area (Å²) in [6, 6.07) is 4.93. The first-order valence-corrected chi connectivity index (χ1v) is 7.11. The number of hydrogen-bond acceptors (Lipinski definition) is 5. The summed E-state index contributed by atoms with van der Waals surface area (Å²) in [6.07, 6.45) is 3.62. The van der Waals surface area contributed by atoms with Gasteiger partial charge in [0.05, 0.1) is 12.0 Å². The minimum Gasteiger partial charge on any atom is -0.504 e. The van der Waals surface area contributed by atoms with Gasteiger partial charge >= 0.3 is 0 Å². The standard InChI is InChI=1S/C12H11NO3S2/c1-16-9-5-7(3-4-8(9)14)6-10-11(15)13-12(17-2)18-10/h3-6,14H,1-2H3/b10-6-. The van der Waals surface area contributed by atoms with Gasteiger partial charge in [0.15, 0.2) is 11.5 Å². The summed E-state index contributed by atoms with van der Waals surface area (Å²) >= 11 is 2.80. The second-order valence-electron chi connectivity index (χ2n) is 3.43. The first-order chi connectivity index (χ1) is 8.63. The topological polar surface area (TPSA) is 58.9 Å². The number of carbonyl (C=O) groups excluding carboxylic acids is 1. The summed E-state index contributed by atoms with van der Waals surface area (Å²) < 4.78 is 5.76. The molecule has 94 valence electrons. The Morgan fingerprint density at radius 3 is 2.89 bits per heavy atom. The van der Waals surface area contributed by atoms with Crippen LogP contribution in [-0.2, 0) is 4.79 Å². The Balaban J connectivity index is 2.27. The predicted molar refractivity (Wildman–Crippen MR) is 76.2 cm³/mol. The molecule has 4 nitrogen and oxygen atoms in total. The first kappa shape index (κ1) is 13.0. The lowest BCUT2D eigenvalue weighted by Gasteiger charge is -2.04. The van der Waals surface area contributed by atoms with Crippen LogP contribution >= 0.6 is 23.5 Å². The Bertz CT molecular complexity index is 552. The SMILES string of the molecule is COc1cc(/C=C2\SC(SC)=NC2=O)ccc1O. The zero-order chi connectivity index (χ0) is 13.1. The molecule has 2 rings (SSSR count). The number of carbonyl (C=O) groups is 1. The molecule has 0 saturated carbocycles. The summed E-state index contributed by atoms with van der Waals surface area (Å²) in [5, 5.41) is 9.48. The van der Waals surface area contributed by atoms with E-state index >= 15 is 0 Å². The fraction of sp³-hybridized carbons (Fsp3) is 0.167. The van der Waals surface area contributed by atoms with Gasteiger partial charge in [-0.05, 0) is 30.0 Å². The molecule has 1 amide bonds. The second-order valence-corrected chi connectivity index (χ2v) is 5.51. The van der Waals surface area contributed by atoms with Crippen molar-refractivity contribution in [3.05, 3.63) is 28.7 Å². The summed E-state index contributed by atoms with van der Waals surface area (Å²) in [6.45, 7) is 0. The molecule has 0 radical (unpaired) electrons. The monoisotopic (exact) mass is 281 g/mol. The lowest BCUT2D eigenvalue weighted by Crippen LogP contribution is -1.89. The van der Waals surface area contributed by atoms with E-state index in [0.29, 0.717) is 10.7 Å². The molecule has 1 aliphatic rings. The fourth-order valence-corrected chi connectivity index (χ4v) is 2.83. The third-order valence-electron chi connectivity index (χ3n) is 2.28. The average Bonchev–Trinajstić information content (AvgIpc) is 2.72. The molecule has 0 aromatic heterocycles. The Hall–Kier alpha value is -1.40. The maximum absolute atomic E-state index is 11.6. The molecule has 0 fully saturated rings. The van der Waals surface area contributed by atoms with Crippen LogP contribution in [0, 0.1) is 0 Å². The third kappa shape index (κ3) is 2.70. The summed E-state index contributed by atoms with van der Waals surface area (Å²) in [5.74, 6) is 0.230. The number of thioether (sulfide) groups is 2. The number of phenolic OH excluding ortho intramolecular Hbond substituents is 1. The highest BCUT2D eigenvalue weighted by atomic mass is 32.2. The van der Waals surface area contributed by atoms with Crippen molar-refractivity contribution in [3.63, 3.8) is 0 Å². The number of hydrogen-bond donors (Lipinski definition) is 1. The first-order valence-electron chi connectivity index (χ1n) is 5.07. The number of aliphatic imine (C=N–C) groups is 1. The number of phenols is 1. The van der Waals surface area contributed by atoms with Crippen molar-refractivity contribution in [2.24, 2.45) is 4.99 Å². The van der Waals surface area contributed by atoms with Gasteiger partial charge in [0.1, 0.15) is 4.38 Å². The van der Waals surface area contributed by atoms with E-state index in [9.17, 15) is 9.90 Å². The minimum atomic E-state index is -0.226. The maximum Gasteiger partial charge on any atom is 0.285 e. The minimum absolute atomic E-state index is 0.0751. The Morgan fingerprint density at radius 1 is 1.50 bits per heavy atom. The lowest BCUT2D eigenvalue weighted by atomic mass is 10.2. The largest absolute Gasteiger partial charge is 0.504 e. The van der Waals surface area contributed by atoms with Gasteiger partial charge in [-0.3, -0.25) is 4.79 Å². The van der Waals surface area contributed by atoms with Crippen LogP contribution in [0.3, 0.4) is 0 Å². The summed E-state index contributed by atoms with van der Waals surface area (Å²) in [5.41, 5.74) is 0.790. The van der Waals surface area contributed by atoms with Gasteiger partial charge in [-0.2, -0.15) is 4.99 Å². The molecule has 1 aromatic rings. The third-order valence-corrected chi connectivity index (χ3v) is 4.25. The van der Waals surface area contributed by atoms with Gasteiger partial charge in [0.25, 0.3) is 5.91 Å². The van der Waals surface area contributed by atoms with Gasteiger partial charge in [0, 0.05) is 0 Å². The molecule has 0 spiro atoms. The summed E-state index contributed by atoms with van der Waals surface area (Å²) in [7, 11) is 1.48. The molecular weight excluding hydrogens is 270 g/mol. The van der Waals surface area contributed by atoms with E-state index in [1.807, 2.05) is 6.26 Å². The van der Waals surface area contributed by atoms with E-state index in [0.717, 1.165) is 9.94 Å². The molecule has 0 saturated heterocycles. The zero-order valence-corrected chi connectivity index (χ0v) is 11.5. The van der Waals surface area contributed by atoms with Crippen LogP contribution < -0.4 is 4.74 Å². The summed E-state index contributed by atoms with van der Waals surface area (Å²) in [4.78, 5) is 16.1. The predicted octanol–water partition coefficient (Wildman–Crippen LogP) is 2.73. The average molecular weight is 281 g/mol. The molecule has 6 heteroatoms. The number of nitrogens with zero attached hydrogens (tertiary/aromatic N) is 1. The zero-order valence-electron chi connectivity index (χ0n) is 9.84. The van der Waals surface area contributed by atoms with Crippen LogP contribution in [-0.4, -0.2) is 28.8 Å². The maximum atomic E-state index is 11.6. The Kier molecular flexibility index (Phi) is 3.98. The molecule has 0 aliphatic carbocycles. The number of benzene rings is 1. The van der Waals surface area contributed by atoms with Crippen molar-refractivity contribution in [2.75, 3.05) is 13.4 Å². The van der Waals surface area contributed by atoms with E-state index in [1.54, 1.807) is 18.2 Å². The molecule has 1 aliphatic heterocycles. The normalized spacial score (nSPS) is 17.1. The highest BCUT2D eigenvalue weighted by Crippen LogP contribution is 2.34. The Morgan fingerprint density at radius 2 is 2.28 bits per heavy atom. The van der Waals surface area contributed by atoms with E-state index in [4.69, 9.17) is 4.74 Å². The van der Waals surface area contributed by atoms with Crippen LogP contribution in [0.5, 0.6) is 11.5 Å². The molecule has 18 heavy (non-hydrogen) atoms. The number of aromatic hydroxyl groups is 1. The Labute approximate surface area is 113 Å². The number of methoxy groups -OCH3 is 1. The van der Waals surface area contributed by atoms with Crippen LogP contribution in [0.15, 0.2) is 28.1 Å². The molecule has 1 heterocycles. The van der Waals surface area contributed by atoms with Crippen molar-refractivity contribution < 1.29 is 14.6 Å². The fourth-order valence-electron chi connectivity index (χ4n) is 1.41. The van der Waals surface area contributed by atoms with Crippen LogP contribution in [0.2, 0.25) is 0 Å². The van der Waals surface area contributed by atoms with E-state index in [2.05, 4.69) is 4.99 Å². The van der Waals surface area contributed by atoms with Gasteiger partial charge in [-0.15, -0.1) is 11.8 Å². The number of ether oxygens (including phenoxy) is 1. The van der Waals surface area contributed by atoms with Crippen LogP contribution in [0.25, 0.3) is 6.08 Å². The number of amides is 1. The van der Waals surface area contributed by atoms with E-state index in [1.165, 1.54) is 36.7 Å². The van der Waals surface area contributed by atoms with Crippen molar-refractivity contribution in [1.82, 2.24) is 0 Å². The van der Waals surface area contributed by atoms with Gasteiger partial charge < -0.3 is 9.84 Å². The molecule has 0 bridgehead atoms. The second kappa shape index (κ2) is 5.49. The molecule has 0 atom stereocenters. The smallest absolute Gasteiger partial charge is 0.285 e. The van der Waals surface area contributed by atoms with Crippen molar-refractivity contribution in [2.45, 2.75) is 0 Å². The van der Waals surface area contributed by atoms with E-state index < -0.39 is 0 Å². The molecule has 1 aromatic carbocycles. The lowest BCUT2D eigenvalue weighted by molar-refractivity contribution is -0.113. The highest BCUT2D eigenvalue weighted by Gasteiger charge is 2.21.